The van der Waals surface area contributed by atoms with Gasteiger partial charge in [0.1, 0.15) is 0 Å². The fourth-order valence-electron chi connectivity index (χ4n) is 2.93. The van der Waals surface area contributed by atoms with E-state index >= 15 is 0 Å². The molecular formula is C17H27N3O. The Morgan fingerprint density at radius 1 is 1.33 bits per heavy atom. The maximum atomic E-state index is 11.5. The first-order chi connectivity index (χ1) is 10.1. The van der Waals surface area contributed by atoms with Gasteiger partial charge < -0.3 is 0 Å². The van der Waals surface area contributed by atoms with E-state index in [1.165, 1.54) is 37.9 Å². The van der Waals surface area contributed by atoms with Gasteiger partial charge in [-0.25, -0.2) is 5.84 Å². The number of nitrogens with one attached hydrogen (secondary N) is 1. The van der Waals surface area contributed by atoms with Crippen molar-refractivity contribution >= 4 is 5.91 Å². The van der Waals surface area contributed by atoms with Crippen LogP contribution in [0.5, 0.6) is 0 Å². The monoisotopic (exact) mass is 289 g/mol. The lowest BCUT2D eigenvalue weighted by molar-refractivity contribution is -0.122. The zero-order chi connectivity index (χ0) is 15.2. The Bertz CT molecular complexity index is 458. The Morgan fingerprint density at radius 3 is 2.71 bits per heavy atom. The summed E-state index contributed by atoms with van der Waals surface area (Å²) in [5, 5.41) is 0. The van der Waals surface area contributed by atoms with Crippen LogP contribution in [0.4, 0.5) is 0 Å². The van der Waals surface area contributed by atoms with E-state index in [0.717, 1.165) is 18.0 Å². The maximum Gasteiger partial charge on any atom is 0.241 e. The first-order valence-electron chi connectivity index (χ1n) is 7.91. The fraction of sp³-hybridized carbons (Fsp3) is 0.588. The number of likely N-dealkylation sites (tertiary alicyclic amines) is 1. The van der Waals surface area contributed by atoms with Crippen molar-refractivity contribution in [2.45, 2.75) is 45.6 Å². The summed E-state index contributed by atoms with van der Waals surface area (Å²) in [4.78, 5) is 14.1. The van der Waals surface area contributed by atoms with Crippen LogP contribution in [0.2, 0.25) is 0 Å². The van der Waals surface area contributed by atoms with Crippen LogP contribution in [0, 0.1) is 5.92 Å². The molecule has 0 aromatic heterocycles. The van der Waals surface area contributed by atoms with Crippen molar-refractivity contribution in [3.63, 3.8) is 0 Å². The van der Waals surface area contributed by atoms with Crippen LogP contribution in [0.25, 0.3) is 0 Å². The molecule has 1 fully saturated rings. The molecule has 1 saturated heterocycles. The molecule has 0 bridgehead atoms. The van der Waals surface area contributed by atoms with Crippen molar-refractivity contribution in [2.75, 3.05) is 13.1 Å². The van der Waals surface area contributed by atoms with E-state index in [-0.39, 0.29) is 11.8 Å². The molecule has 1 aliphatic rings. The summed E-state index contributed by atoms with van der Waals surface area (Å²) < 4.78 is 0. The molecule has 1 aromatic rings. The van der Waals surface area contributed by atoms with Gasteiger partial charge in [-0.15, -0.1) is 0 Å². The van der Waals surface area contributed by atoms with Crippen LogP contribution in [-0.2, 0) is 11.3 Å². The second-order valence-electron chi connectivity index (χ2n) is 6.28. The van der Waals surface area contributed by atoms with Gasteiger partial charge in [0.2, 0.25) is 5.91 Å². The van der Waals surface area contributed by atoms with Crippen LogP contribution >= 0.6 is 0 Å². The molecule has 21 heavy (non-hydrogen) atoms. The summed E-state index contributed by atoms with van der Waals surface area (Å²) in [7, 11) is 0. The molecule has 1 aromatic carbocycles. The van der Waals surface area contributed by atoms with Gasteiger partial charge in [-0.3, -0.25) is 15.1 Å². The topological polar surface area (TPSA) is 58.4 Å². The Balaban J connectivity index is 1.94. The van der Waals surface area contributed by atoms with E-state index in [4.69, 9.17) is 5.84 Å². The molecule has 4 heteroatoms. The minimum Gasteiger partial charge on any atom is -0.299 e. The number of carbonyl (C=O) groups excluding carboxylic acids is 1. The molecule has 0 aliphatic carbocycles. The van der Waals surface area contributed by atoms with Crippen LogP contribution in [0.15, 0.2) is 24.3 Å². The highest BCUT2D eigenvalue weighted by Gasteiger charge is 2.15. The molecule has 0 saturated carbocycles. The van der Waals surface area contributed by atoms with Gasteiger partial charge in [-0.2, -0.15) is 0 Å². The normalized spacial score (nSPS) is 21.6. The highest BCUT2D eigenvalue weighted by atomic mass is 16.2. The third-order valence-corrected chi connectivity index (χ3v) is 4.53. The summed E-state index contributed by atoms with van der Waals surface area (Å²) in [5.74, 6) is 5.68. The summed E-state index contributed by atoms with van der Waals surface area (Å²) in [6.45, 7) is 7.60. The van der Waals surface area contributed by atoms with E-state index in [2.05, 4.69) is 29.4 Å². The Morgan fingerprint density at radius 2 is 2.05 bits per heavy atom. The van der Waals surface area contributed by atoms with Gasteiger partial charge in [0.25, 0.3) is 0 Å². The predicted octanol–water partition coefficient (Wildman–Crippen LogP) is 2.40. The van der Waals surface area contributed by atoms with E-state index in [1.54, 1.807) is 0 Å². The number of hydrogen-bond acceptors (Lipinski definition) is 3. The number of hydrogen-bond donors (Lipinski definition) is 2. The van der Waals surface area contributed by atoms with Crippen LogP contribution < -0.4 is 11.3 Å². The third-order valence-electron chi connectivity index (χ3n) is 4.53. The molecule has 4 nitrogen and oxygen atoms in total. The average molecular weight is 289 g/mol. The lowest BCUT2D eigenvalue weighted by Gasteiger charge is -2.20. The van der Waals surface area contributed by atoms with E-state index < -0.39 is 0 Å². The van der Waals surface area contributed by atoms with Crippen LogP contribution in [0.3, 0.4) is 0 Å². The largest absolute Gasteiger partial charge is 0.299 e. The lowest BCUT2D eigenvalue weighted by atomic mass is 9.99. The predicted molar refractivity (Wildman–Crippen MR) is 85.5 cm³/mol. The second-order valence-corrected chi connectivity index (χ2v) is 6.28. The maximum absolute atomic E-state index is 11.5. The smallest absolute Gasteiger partial charge is 0.241 e. The number of rotatable bonds is 4. The van der Waals surface area contributed by atoms with Crippen LogP contribution in [0.1, 0.15) is 50.2 Å². The zero-order valence-electron chi connectivity index (χ0n) is 13.1. The molecule has 0 radical (unpaired) electrons. The average Bonchev–Trinajstić information content (AvgIpc) is 2.71. The van der Waals surface area contributed by atoms with Gasteiger partial charge in [-0.1, -0.05) is 31.2 Å². The van der Waals surface area contributed by atoms with E-state index in [1.807, 2.05) is 19.1 Å². The minimum atomic E-state index is -0.205. The number of nitrogens with zero attached hydrogens (tertiary/aromatic N) is 1. The number of amides is 1. The molecule has 3 N–H and O–H groups in total. The van der Waals surface area contributed by atoms with Crippen molar-refractivity contribution in [1.29, 1.82) is 0 Å². The highest BCUT2D eigenvalue weighted by molar-refractivity contribution is 5.82. The molecule has 1 heterocycles. The van der Waals surface area contributed by atoms with Crippen molar-refractivity contribution in [2.24, 2.45) is 11.8 Å². The highest BCUT2D eigenvalue weighted by Crippen LogP contribution is 2.20. The Kier molecular flexibility index (Phi) is 5.76. The quantitative estimate of drug-likeness (QED) is 0.508. The van der Waals surface area contributed by atoms with Crippen LogP contribution in [-0.4, -0.2) is 23.9 Å². The minimum absolute atomic E-state index is 0.149. The molecule has 1 aliphatic heterocycles. The summed E-state index contributed by atoms with van der Waals surface area (Å²) in [6.07, 6.45) is 3.94. The SMILES string of the molecule is CC1CCCN(Cc2ccc(C(C)C(=O)NN)cc2)CC1. The van der Waals surface area contributed by atoms with Gasteiger partial charge in [0.15, 0.2) is 0 Å². The van der Waals surface area contributed by atoms with Gasteiger partial charge in [-0.05, 0) is 56.3 Å². The standard InChI is InChI=1S/C17H27N3O/c1-13-4-3-10-20(11-9-13)12-15-5-7-16(8-6-15)14(2)17(21)19-18/h5-8,13-14H,3-4,9-12,18H2,1-2H3,(H,19,21). The first kappa shape index (κ1) is 16.0. The summed E-state index contributed by atoms with van der Waals surface area (Å²) in [6, 6.07) is 8.33. The van der Waals surface area contributed by atoms with Gasteiger partial charge in [0.05, 0.1) is 5.92 Å². The summed E-state index contributed by atoms with van der Waals surface area (Å²) >= 11 is 0. The molecular weight excluding hydrogens is 262 g/mol. The number of benzene rings is 1. The van der Waals surface area contributed by atoms with Gasteiger partial charge in [0, 0.05) is 6.54 Å². The third kappa shape index (κ3) is 4.55. The van der Waals surface area contributed by atoms with E-state index in [9.17, 15) is 4.79 Å². The zero-order valence-corrected chi connectivity index (χ0v) is 13.1. The van der Waals surface area contributed by atoms with Crippen molar-refractivity contribution in [3.05, 3.63) is 35.4 Å². The Labute approximate surface area is 127 Å². The molecule has 2 atom stereocenters. The summed E-state index contributed by atoms with van der Waals surface area (Å²) in [5.41, 5.74) is 4.53. The number of nitrogens with two attached hydrogens (primary N) is 1. The first-order valence-corrected chi connectivity index (χ1v) is 7.91. The fourth-order valence-corrected chi connectivity index (χ4v) is 2.93. The molecule has 0 spiro atoms. The molecule has 1 amide bonds. The molecule has 2 rings (SSSR count). The van der Waals surface area contributed by atoms with Crippen molar-refractivity contribution in [1.82, 2.24) is 10.3 Å². The van der Waals surface area contributed by atoms with Crippen molar-refractivity contribution in [3.8, 4) is 0 Å². The van der Waals surface area contributed by atoms with E-state index in [0.29, 0.717) is 0 Å². The lowest BCUT2D eigenvalue weighted by Crippen LogP contribution is -2.33. The number of hydrazine groups is 1. The van der Waals surface area contributed by atoms with Gasteiger partial charge >= 0.3 is 0 Å². The number of carbonyl (C=O) groups is 1. The van der Waals surface area contributed by atoms with Crippen molar-refractivity contribution < 1.29 is 4.79 Å². The molecule has 2 unspecified atom stereocenters. The molecule has 116 valence electrons. The second kappa shape index (κ2) is 7.57. The Hall–Kier alpha value is -1.39.